The van der Waals surface area contributed by atoms with Crippen LogP contribution in [0.25, 0.3) is 0 Å². The van der Waals surface area contributed by atoms with Gasteiger partial charge >= 0.3 is 23.9 Å². The lowest BCUT2D eigenvalue weighted by molar-refractivity contribution is -0.137. The van der Waals surface area contributed by atoms with Gasteiger partial charge in [0, 0.05) is 0 Å². The summed E-state index contributed by atoms with van der Waals surface area (Å²) in [5.41, 5.74) is 1.12. The van der Waals surface area contributed by atoms with Crippen LogP contribution in [0.4, 0.5) is 0 Å². The molecule has 2 rings (SSSR count). The topological polar surface area (TPSA) is 149 Å². The summed E-state index contributed by atoms with van der Waals surface area (Å²) in [5.74, 6) is -4.07. The molecule has 0 radical (unpaired) electrons. The Morgan fingerprint density at radius 3 is 1.65 bits per heavy atom. The van der Waals surface area contributed by atoms with Gasteiger partial charge in [-0.05, 0) is 29.3 Å². The predicted molar refractivity (Wildman–Crippen MR) is 89.5 cm³/mol. The Balaban J connectivity index is 0.000000260. The van der Waals surface area contributed by atoms with E-state index in [0.29, 0.717) is 11.1 Å². The molecule has 4 N–H and O–H groups in total. The minimum absolute atomic E-state index is 0.0462. The Labute approximate surface area is 148 Å². The van der Waals surface area contributed by atoms with Crippen molar-refractivity contribution in [1.29, 1.82) is 0 Å². The largest absolute Gasteiger partial charge is 0.481 e. The highest BCUT2D eigenvalue weighted by molar-refractivity contribution is 5.90. The number of hydrogen-bond donors (Lipinski definition) is 4. The Kier molecular flexibility index (Phi) is 7.50. The number of carbonyl (C=O) groups is 4. The standard InChI is InChI=1S/2C9H8O4/c10-8(11)5-6-1-3-7(4-2-6)9(12)13;10-8(11)5-6-3-1-2-4-7(6)9(12)13/h2*1-4H,5H2,(H,10,11)(H,12,13). The Bertz CT molecular complexity index is 808. The van der Waals surface area contributed by atoms with Crippen LogP contribution in [-0.2, 0) is 22.4 Å². The summed E-state index contributed by atoms with van der Waals surface area (Å²) in [6, 6.07) is 11.8. The van der Waals surface area contributed by atoms with Gasteiger partial charge in [-0.15, -0.1) is 0 Å². The quantitative estimate of drug-likeness (QED) is 0.611. The van der Waals surface area contributed by atoms with E-state index in [1.807, 2.05) is 0 Å². The molecule has 0 aliphatic rings. The van der Waals surface area contributed by atoms with Gasteiger partial charge in [-0.2, -0.15) is 0 Å². The zero-order chi connectivity index (χ0) is 19.7. The first-order valence-electron chi connectivity index (χ1n) is 7.27. The summed E-state index contributed by atoms with van der Waals surface area (Å²) < 4.78 is 0. The first-order valence-corrected chi connectivity index (χ1v) is 7.27. The van der Waals surface area contributed by atoms with Gasteiger partial charge in [0.05, 0.1) is 24.0 Å². The number of rotatable bonds is 6. The second-order valence-corrected chi connectivity index (χ2v) is 5.11. The van der Waals surface area contributed by atoms with Crippen molar-refractivity contribution in [1.82, 2.24) is 0 Å². The number of aliphatic carboxylic acids is 2. The number of hydrogen-bond acceptors (Lipinski definition) is 4. The molecule has 8 heteroatoms. The van der Waals surface area contributed by atoms with Crippen LogP contribution in [0.5, 0.6) is 0 Å². The molecule has 0 saturated heterocycles. The molecule has 0 aliphatic carbocycles. The molecule has 0 spiro atoms. The van der Waals surface area contributed by atoms with Gasteiger partial charge in [0.25, 0.3) is 0 Å². The highest BCUT2D eigenvalue weighted by atomic mass is 16.4. The average Bonchev–Trinajstić information content (AvgIpc) is 2.55. The smallest absolute Gasteiger partial charge is 0.335 e. The van der Waals surface area contributed by atoms with E-state index in [1.54, 1.807) is 12.1 Å². The van der Waals surface area contributed by atoms with Crippen molar-refractivity contribution in [2.45, 2.75) is 12.8 Å². The molecule has 26 heavy (non-hydrogen) atoms. The molecule has 0 atom stereocenters. The molecule has 0 fully saturated rings. The van der Waals surface area contributed by atoms with Gasteiger partial charge in [-0.3, -0.25) is 9.59 Å². The predicted octanol–water partition coefficient (Wildman–Crippen LogP) is 2.02. The van der Waals surface area contributed by atoms with Gasteiger partial charge < -0.3 is 20.4 Å². The van der Waals surface area contributed by atoms with Gasteiger partial charge in [0.2, 0.25) is 0 Å². The normalized spacial score (nSPS) is 9.54. The van der Waals surface area contributed by atoms with Crippen LogP contribution in [0, 0.1) is 0 Å². The van der Waals surface area contributed by atoms with E-state index >= 15 is 0 Å². The zero-order valence-electron chi connectivity index (χ0n) is 13.5. The second-order valence-electron chi connectivity index (χ2n) is 5.11. The molecule has 2 aromatic rings. The van der Waals surface area contributed by atoms with Crippen LogP contribution in [0.1, 0.15) is 31.8 Å². The lowest BCUT2D eigenvalue weighted by Crippen LogP contribution is -2.07. The Morgan fingerprint density at radius 1 is 0.654 bits per heavy atom. The van der Waals surface area contributed by atoms with Gasteiger partial charge in [-0.1, -0.05) is 30.3 Å². The fourth-order valence-corrected chi connectivity index (χ4v) is 1.99. The van der Waals surface area contributed by atoms with Crippen LogP contribution >= 0.6 is 0 Å². The van der Waals surface area contributed by atoms with Crippen molar-refractivity contribution in [2.75, 3.05) is 0 Å². The van der Waals surface area contributed by atoms with Gasteiger partial charge in [0.1, 0.15) is 0 Å². The molecule has 0 heterocycles. The van der Waals surface area contributed by atoms with E-state index in [2.05, 4.69) is 0 Å². The summed E-state index contributed by atoms with van der Waals surface area (Å²) in [5, 5.41) is 34.1. The first-order chi connectivity index (χ1) is 12.2. The van der Waals surface area contributed by atoms with Crippen molar-refractivity contribution in [3.8, 4) is 0 Å². The van der Waals surface area contributed by atoms with Crippen molar-refractivity contribution in [3.05, 3.63) is 70.8 Å². The maximum absolute atomic E-state index is 10.6. The SMILES string of the molecule is O=C(O)Cc1ccc(C(=O)O)cc1.O=C(O)Cc1ccccc1C(=O)O. The molecule has 0 amide bonds. The number of carboxylic acids is 4. The van der Waals surface area contributed by atoms with E-state index in [1.165, 1.54) is 36.4 Å². The summed E-state index contributed by atoms with van der Waals surface area (Å²) >= 11 is 0. The zero-order valence-corrected chi connectivity index (χ0v) is 13.5. The lowest BCUT2D eigenvalue weighted by atomic mass is 10.1. The molecule has 8 nitrogen and oxygen atoms in total. The number of benzene rings is 2. The van der Waals surface area contributed by atoms with Crippen molar-refractivity contribution in [3.63, 3.8) is 0 Å². The van der Waals surface area contributed by atoms with Crippen molar-refractivity contribution in [2.24, 2.45) is 0 Å². The average molecular weight is 360 g/mol. The molecular weight excluding hydrogens is 344 g/mol. The van der Waals surface area contributed by atoms with E-state index in [9.17, 15) is 19.2 Å². The summed E-state index contributed by atoms with van der Waals surface area (Å²) in [6.45, 7) is 0. The Morgan fingerprint density at radius 2 is 1.19 bits per heavy atom. The Hall–Kier alpha value is -3.68. The maximum Gasteiger partial charge on any atom is 0.335 e. The number of carboxylic acid groups (broad SMARTS) is 4. The van der Waals surface area contributed by atoms with Crippen LogP contribution in [0.15, 0.2) is 48.5 Å². The van der Waals surface area contributed by atoms with E-state index in [0.717, 1.165) is 0 Å². The maximum atomic E-state index is 10.6. The van der Waals surface area contributed by atoms with Crippen molar-refractivity contribution >= 4 is 23.9 Å². The summed E-state index contributed by atoms with van der Waals surface area (Å²) in [4.78, 5) is 41.7. The first kappa shape index (κ1) is 20.4. The van der Waals surface area contributed by atoms with Crippen LogP contribution in [0.2, 0.25) is 0 Å². The molecule has 2 aromatic carbocycles. The highest BCUT2D eigenvalue weighted by Crippen LogP contribution is 2.09. The van der Waals surface area contributed by atoms with Gasteiger partial charge in [0.15, 0.2) is 0 Å². The third kappa shape index (κ3) is 6.83. The monoisotopic (exact) mass is 360 g/mol. The molecule has 0 aromatic heterocycles. The number of aromatic carboxylic acids is 2. The van der Waals surface area contributed by atoms with Crippen molar-refractivity contribution < 1.29 is 39.6 Å². The molecular formula is C18H16O8. The minimum Gasteiger partial charge on any atom is -0.481 e. The fraction of sp³-hybridized carbons (Fsp3) is 0.111. The molecule has 0 aliphatic heterocycles. The van der Waals surface area contributed by atoms with E-state index in [4.69, 9.17) is 20.4 Å². The molecule has 136 valence electrons. The third-order valence-electron chi connectivity index (χ3n) is 3.15. The van der Waals surface area contributed by atoms with E-state index in [-0.39, 0.29) is 24.0 Å². The van der Waals surface area contributed by atoms with Crippen LogP contribution < -0.4 is 0 Å². The second kappa shape index (κ2) is 9.58. The summed E-state index contributed by atoms with van der Waals surface area (Å²) in [7, 11) is 0. The lowest BCUT2D eigenvalue weighted by Gasteiger charge is -2.01. The third-order valence-corrected chi connectivity index (χ3v) is 3.15. The molecule has 0 saturated carbocycles. The minimum atomic E-state index is -1.10. The van der Waals surface area contributed by atoms with E-state index < -0.39 is 23.9 Å². The fourth-order valence-electron chi connectivity index (χ4n) is 1.99. The van der Waals surface area contributed by atoms with Crippen LogP contribution in [-0.4, -0.2) is 44.3 Å². The van der Waals surface area contributed by atoms with Gasteiger partial charge in [-0.25, -0.2) is 9.59 Å². The highest BCUT2D eigenvalue weighted by Gasteiger charge is 2.10. The van der Waals surface area contributed by atoms with Crippen LogP contribution in [0.3, 0.4) is 0 Å². The molecule has 0 bridgehead atoms. The molecule has 0 unspecified atom stereocenters. The summed E-state index contributed by atoms with van der Waals surface area (Å²) in [6.07, 6.45) is -0.345.